The number of hydrogen-bond acceptors (Lipinski definition) is 2. The highest BCUT2D eigenvalue weighted by atomic mass is 32.2. The first-order valence-electron chi connectivity index (χ1n) is 3.74. The molecule has 0 atom stereocenters. The van der Waals surface area contributed by atoms with E-state index in [1.165, 1.54) is 6.26 Å². The maximum Gasteiger partial charge on any atom is 0.176 e. The van der Waals surface area contributed by atoms with Crippen LogP contribution in [-0.2, 0) is 16.3 Å². The van der Waals surface area contributed by atoms with Crippen LogP contribution in [-0.4, -0.2) is 14.7 Å². The van der Waals surface area contributed by atoms with Crippen molar-refractivity contribution in [2.75, 3.05) is 6.26 Å². The summed E-state index contributed by atoms with van der Waals surface area (Å²) in [5.41, 5.74) is 1.02. The summed E-state index contributed by atoms with van der Waals surface area (Å²) < 4.78 is 22.1. The van der Waals surface area contributed by atoms with E-state index in [4.69, 9.17) is 0 Å². The van der Waals surface area contributed by atoms with Crippen LogP contribution in [0.3, 0.4) is 0 Å². The van der Waals surface area contributed by atoms with E-state index in [1.807, 2.05) is 13.0 Å². The molecule has 0 saturated carbocycles. The van der Waals surface area contributed by atoms with E-state index in [9.17, 15) is 8.42 Å². The van der Waals surface area contributed by atoms with Gasteiger partial charge in [0.25, 0.3) is 0 Å². The number of benzene rings is 1. The third kappa shape index (κ3) is 2.08. The zero-order valence-corrected chi connectivity index (χ0v) is 7.98. The van der Waals surface area contributed by atoms with Crippen LogP contribution in [0.2, 0.25) is 0 Å². The molecule has 0 aliphatic heterocycles. The van der Waals surface area contributed by atoms with Crippen molar-refractivity contribution in [3.05, 3.63) is 29.8 Å². The lowest BCUT2D eigenvalue weighted by Gasteiger charge is -1.99. The van der Waals surface area contributed by atoms with Crippen molar-refractivity contribution in [1.82, 2.24) is 0 Å². The third-order valence-electron chi connectivity index (χ3n) is 1.65. The SMILES string of the molecule is CCc1cc[c]c(S(C)(=O)=O)c1. The molecule has 1 rings (SSSR count). The Bertz CT molecular complexity index is 366. The second kappa shape index (κ2) is 3.27. The summed E-state index contributed by atoms with van der Waals surface area (Å²) in [5, 5.41) is 0. The van der Waals surface area contributed by atoms with Crippen molar-refractivity contribution in [3.63, 3.8) is 0 Å². The number of sulfone groups is 1. The van der Waals surface area contributed by atoms with Crippen LogP contribution >= 0.6 is 0 Å². The Morgan fingerprint density at radius 1 is 1.50 bits per heavy atom. The molecule has 0 heterocycles. The van der Waals surface area contributed by atoms with Crippen molar-refractivity contribution in [1.29, 1.82) is 0 Å². The maximum absolute atomic E-state index is 11.1. The molecule has 0 aromatic heterocycles. The number of aryl methyl sites for hydroxylation is 1. The minimum Gasteiger partial charge on any atom is -0.224 e. The van der Waals surface area contributed by atoms with Gasteiger partial charge in [0, 0.05) is 12.3 Å². The van der Waals surface area contributed by atoms with E-state index in [0.29, 0.717) is 0 Å². The van der Waals surface area contributed by atoms with E-state index < -0.39 is 9.84 Å². The molecule has 2 nitrogen and oxygen atoms in total. The lowest BCUT2D eigenvalue weighted by atomic mass is 10.2. The Labute approximate surface area is 73.2 Å². The molecular weight excluding hydrogens is 172 g/mol. The predicted molar refractivity (Wildman–Crippen MR) is 47.8 cm³/mol. The van der Waals surface area contributed by atoms with E-state index in [1.54, 1.807) is 12.1 Å². The van der Waals surface area contributed by atoms with Gasteiger partial charge in [-0.1, -0.05) is 19.1 Å². The van der Waals surface area contributed by atoms with Crippen LogP contribution in [0.5, 0.6) is 0 Å². The maximum atomic E-state index is 11.1. The quantitative estimate of drug-likeness (QED) is 0.695. The summed E-state index contributed by atoms with van der Waals surface area (Å²) in [6.07, 6.45) is 2.04. The topological polar surface area (TPSA) is 34.1 Å². The van der Waals surface area contributed by atoms with Crippen LogP contribution < -0.4 is 0 Å². The van der Waals surface area contributed by atoms with E-state index in [-0.39, 0.29) is 4.90 Å². The van der Waals surface area contributed by atoms with E-state index in [2.05, 4.69) is 6.07 Å². The average molecular weight is 183 g/mol. The van der Waals surface area contributed by atoms with Crippen molar-refractivity contribution < 1.29 is 8.42 Å². The third-order valence-corrected chi connectivity index (χ3v) is 2.68. The van der Waals surface area contributed by atoms with Gasteiger partial charge in [-0.15, -0.1) is 0 Å². The Balaban J connectivity index is 3.20. The summed E-state index contributed by atoms with van der Waals surface area (Å²) in [5.74, 6) is 0. The smallest absolute Gasteiger partial charge is 0.176 e. The number of rotatable bonds is 2. The minimum atomic E-state index is -3.09. The van der Waals surface area contributed by atoms with Crippen LogP contribution in [0, 0.1) is 6.07 Å². The second-order valence-electron chi connectivity index (χ2n) is 2.69. The second-order valence-corrected chi connectivity index (χ2v) is 4.67. The Hall–Kier alpha value is -0.830. The molecule has 1 radical (unpaired) electrons. The molecule has 1 aromatic carbocycles. The average Bonchev–Trinajstić information content (AvgIpc) is 2.03. The molecule has 0 fully saturated rings. The van der Waals surface area contributed by atoms with E-state index >= 15 is 0 Å². The largest absolute Gasteiger partial charge is 0.224 e. The lowest BCUT2D eigenvalue weighted by Crippen LogP contribution is -1.97. The summed E-state index contributed by atoms with van der Waals surface area (Å²) in [6, 6.07) is 7.87. The molecule has 0 aliphatic carbocycles. The van der Waals surface area contributed by atoms with Gasteiger partial charge in [-0.3, -0.25) is 0 Å². The zero-order chi connectivity index (χ0) is 9.19. The predicted octanol–water partition coefficient (Wildman–Crippen LogP) is 1.45. The molecule has 1 aromatic rings. The summed E-state index contributed by atoms with van der Waals surface area (Å²) in [4.78, 5) is 0.279. The van der Waals surface area contributed by atoms with Crippen molar-refractivity contribution >= 4 is 9.84 Å². The molecule has 0 bridgehead atoms. The minimum absolute atomic E-state index is 0.279. The summed E-state index contributed by atoms with van der Waals surface area (Å²) in [7, 11) is -3.09. The molecule has 0 N–H and O–H groups in total. The van der Waals surface area contributed by atoms with E-state index in [0.717, 1.165) is 12.0 Å². The van der Waals surface area contributed by atoms with Gasteiger partial charge in [0.1, 0.15) is 0 Å². The molecule has 0 spiro atoms. The van der Waals surface area contributed by atoms with Gasteiger partial charge in [-0.2, -0.15) is 0 Å². The molecule has 65 valence electrons. The highest BCUT2D eigenvalue weighted by molar-refractivity contribution is 7.90. The van der Waals surface area contributed by atoms with Gasteiger partial charge in [0.2, 0.25) is 0 Å². The van der Waals surface area contributed by atoms with Crippen LogP contribution in [0.15, 0.2) is 23.1 Å². The van der Waals surface area contributed by atoms with Gasteiger partial charge in [-0.05, 0) is 18.1 Å². The first kappa shape index (κ1) is 9.26. The first-order chi connectivity index (χ1) is 5.54. The molecule has 0 amide bonds. The molecule has 12 heavy (non-hydrogen) atoms. The van der Waals surface area contributed by atoms with Gasteiger partial charge in [0.05, 0.1) is 4.90 Å². The van der Waals surface area contributed by atoms with Gasteiger partial charge in [-0.25, -0.2) is 8.42 Å². The van der Waals surface area contributed by atoms with Crippen molar-refractivity contribution in [3.8, 4) is 0 Å². The Morgan fingerprint density at radius 2 is 2.17 bits per heavy atom. The Kier molecular flexibility index (Phi) is 2.52. The fraction of sp³-hybridized carbons (Fsp3) is 0.333. The summed E-state index contributed by atoms with van der Waals surface area (Å²) >= 11 is 0. The fourth-order valence-electron chi connectivity index (χ4n) is 0.923. The highest BCUT2D eigenvalue weighted by Crippen LogP contribution is 2.10. The molecule has 3 heteroatoms. The van der Waals surface area contributed by atoms with Crippen molar-refractivity contribution in [2.24, 2.45) is 0 Å². The van der Waals surface area contributed by atoms with Gasteiger partial charge >= 0.3 is 0 Å². The molecule has 0 saturated heterocycles. The molecule has 0 unspecified atom stereocenters. The monoisotopic (exact) mass is 183 g/mol. The van der Waals surface area contributed by atoms with Crippen molar-refractivity contribution in [2.45, 2.75) is 18.2 Å². The molecular formula is C9H11O2S. The van der Waals surface area contributed by atoms with Gasteiger partial charge in [0.15, 0.2) is 9.84 Å². The zero-order valence-electron chi connectivity index (χ0n) is 7.16. The normalized spacial score (nSPS) is 11.5. The van der Waals surface area contributed by atoms with Crippen LogP contribution in [0.1, 0.15) is 12.5 Å². The molecule has 0 aliphatic rings. The van der Waals surface area contributed by atoms with Crippen LogP contribution in [0.4, 0.5) is 0 Å². The lowest BCUT2D eigenvalue weighted by molar-refractivity contribution is 0.601. The fourth-order valence-corrected chi connectivity index (χ4v) is 1.57. The highest BCUT2D eigenvalue weighted by Gasteiger charge is 2.06. The Morgan fingerprint density at radius 3 is 2.67 bits per heavy atom. The summed E-state index contributed by atoms with van der Waals surface area (Å²) in [6.45, 7) is 1.99. The van der Waals surface area contributed by atoms with Gasteiger partial charge < -0.3 is 0 Å². The number of hydrogen-bond donors (Lipinski definition) is 0. The van der Waals surface area contributed by atoms with Crippen LogP contribution in [0.25, 0.3) is 0 Å². The first-order valence-corrected chi connectivity index (χ1v) is 5.64. The standard InChI is InChI=1S/C9H11O2S/c1-3-8-5-4-6-9(7-8)12(2,10)11/h4-5,7H,3H2,1-2H3.